The van der Waals surface area contributed by atoms with Gasteiger partial charge in [0.15, 0.2) is 5.82 Å². The molecule has 1 aliphatic rings. The number of hydrogen-bond donors (Lipinski definition) is 3. The van der Waals surface area contributed by atoms with Crippen LogP contribution in [-0.4, -0.2) is 27.1 Å². The lowest BCUT2D eigenvalue weighted by molar-refractivity contribution is -0.116. The van der Waals surface area contributed by atoms with Gasteiger partial charge < -0.3 is 11.1 Å². The van der Waals surface area contributed by atoms with E-state index in [-0.39, 0.29) is 24.4 Å². The summed E-state index contributed by atoms with van der Waals surface area (Å²) < 4.78 is 0. The van der Waals surface area contributed by atoms with Crippen LogP contribution in [0.15, 0.2) is 24.3 Å². The maximum Gasteiger partial charge on any atom is 0.224 e. The third-order valence-corrected chi connectivity index (χ3v) is 3.70. The molecule has 0 aliphatic heterocycles. The van der Waals surface area contributed by atoms with Crippen LogP contribution in [0.2, 0.25) is 0 Å². The number of amides is 1. The number of benzene rings is 1. The molecule has 1 unspecified atom stereocenters. The molecule has 124 valence electrons. The van der Waals surface area contributed by atoms with Gasteiger partial charge in [0, 0.05) is 29.6 Å². The van der Waals surface area contributed by atoms with Gasteiger partial charge >= 0.3 is 0 Å². The standard InChI is InChI=1S/C16H21N5O.ClH/c1-10(17)5-8-14(22)18-13-4-2-3-12(9-13)16-19-15(20-21-16)11-6-7-11;/h2-4,9-11H,5-8,17H2,1H3,(H,18,22)(H,19,20,21);1H. The first-order valence-corrected chi connectivity index (χ1v) is 7.70. The van der Waals surface area contributed by atoms with E-state index >= 15 is 0 Å². The number of anilines is 1. The van der Waals surface area contributed by atoms with Crippen LogP contribution in [0.5, 0.6) is 0 Å². The zero-order chi connectivity index (χ0) is 15.5. The molecule has 23 heavy (non-hydrogen) atoms. The Balaban J connectivity index is 0.00000192. The fourth-order valence-electron chi connectivity index (χ4n) is 2.26. The van der Waals surface area contributed by atoms with Crippen molar-refractivity contribution in [3.63, 3.8) is 0 Å². The smallest absolute Gasteiger partial charge is 0.224 e. The van der Waals surface area contributed by atoms with Gasteiger partial charge in [-0.1, -0.05) is 12.1 Å². The Morgan fingerprint density at radius 2 is 2.26 bits per heavy atom. The molecule has 1 amide bonds. The molecule has 4 N–H and O–H groups in total. The molecule has 2 aromatic rings. The molecule has 0 spiro atoms. The number of nitrogens with two attached hydrogens (primary N) is 1. The topological polar surface area (TPSA) is 96.7 Å². The van der Waals surface area contributed by atoms with Gasteiger partial charge in [0.25, 0.3) is 0 Å². The summed E-state index contributed by atoms with van der Waals surface area (Å²) in [6.07, 6.45) is 3.47. The van der Waals surface area contributed by atoms with Crippen molar-refractivity contribution >= 4 is 24.0 Å². The van der Waals surface area contributed by atoms with Crippen LogP contribution < -0.4 is 11.1 Å². The lowest BCUT2D eigenvalue weighted by Gasteiger charge is -2.07. The van der Waals surface area contributed by atoms with Gasteiger partial charge in [-0.15, -0.1) is 12.4 Å². The highest BCUT2D eigenvalue weighted by Gasteiger charge is 2.27. The number of halogens is 1. The minimum absolute atomic E-state index is 0. The first-order valence-electron chi connectivity index (χ1n) is 7.70. The molecule has 1 fully saturated rings. The molecule has 3 rings (SSSR count). The Kier molecular flexibility index (Phi) is 5.74. The average molecular weight is 336 g/mol. The normalized spacial score (nSPS) is 14.9. The van der Waals surface area contributed by atoms with E-state index in [9.17, 15) is 4.79 Å². The summed E-state index contributed by atoms with van der Waals surface area (Å²) in [7, 11) is 0. The number of hydrogen-bond acceptors (Lipinski definition) is 4. The monoisotopic (exact) mass is 335 g/mol. The second-order valence-electron chi connectivity index (χ2n) is 5.96. The number of aromatic amines is 1. The van der Waals surface area contributed by atoms with E-state index < -0.39 is 0 Å². The summed E-state index contributed by atoms with van der Waals surface area (Å²) in [6, 6.07) is 7.62. The maximum atomic E-state index is 11.9. The third kappa shape index (κ3) is 4.77. The van der Waals surface area contributed by atoms with Crippen molar-refractivity contribution < 1.29 is 4.79 Å². The molecular weight excluding hydrogens is 314 g/mol. The molecule has 1 aliphatic carbocycles. The average Bonchev–Trinajstić information content (AvgIpc) is 3.23. The van der Waals surface area contributed by atoms with E-state index in [2.05, 4.69) is 20.5 Å². The largest absolute Gasteiger partial charge is 0.328 e. The van der Waals surface area contributed by atoms with E-state index in [1.165, 1.54) is 12.8 Å². The molecule has 1 saturated carbocycles. The number of aromatic nitrogens is 3. The third-order valence-electron chi connectivity index (χ3n) is 3.70. The molecule has 1 atom stereocenters. The summed E-state index contributed by atoms with van der Waals surface area (Å²) in [5.74, 6) is 2.15. The number of carbonyl (C=O) groups is 1. The lowest BCUT2D eigenvalue weighted by Crippen LogP contribution is -2.19. The van der Waals surface area contributed by atoms with Crippen LogP contribution >= 0.6 is 12.4 Å². The van der Waals surface area contributed by atoms with Gasteiger partial charge in [-0.2, -0.15) is 5.10 Å². The van der Waals surface area contributed by atoms with Crippen molar-refractivity contribution in [2.24, 2.45) is 5.73 Å². The number of H-pyrrole nitrogens is 1. The van der Waals surface area contributed by atoms with E-state index in [1.807, 2.05) is 31.2 Å². The van der Waals surface area contributed by atoms with Gasteiger partial charge in [-0.3, -0.25) is 9.89 Å². The van der Waals surface area contributed by atoms with E-state index in [4.69, 9.17) is 5.73 Å². The maximum absolute atomic E-state index is 11.9. The van der Waals surface area contributed by atoms with Crippen molar-refractivity contribution in [3.8, 4) is 11.4 Å². The first-order chi connectivity index (χ1) is 10.6. The molecule has 0 saturated heterocycles. The summed E-state index contributed by atoms with van der Waals surface area (Å²) in [5.41, 5.74) is 7.32. The molecule has 1 heterocycles. The minimum Gasteiger partial charge on any atom is -0.328 e. The molecule has 0 bridgehead atoms. The molecule has 6 nitrogen and oxygen atoms in total. The Labute approximate surface area is 141 Å². The van der Waals surface area contributed by atoms with Crippen molar-refractivity contribution in [3.05, 3.63) is 30.1 Å². The minimum atomic E-state index is -0.0249. The van der Waals surface area contributed by atoms with Gasteiger partial charge in [-0.25, -0.2) is 4.98 Å². The fraction of sp³-hybridized carbons (Fsp3) is 0.438. The predicted molar refractivity (Wildman–Crippen MR) is 92.6 cm³/mol. The fourth-order valence-corrected chi connectivity index (χ4v) is 2.26. The van der Waals surface area contributed by atoms with Crippen molar-refractivity contribution in [2.45, 2.75) is 44.6 Å². The van der Waals surface area contributed by atoms with Crippen LogP contribution in [0.25, 0.3) is 11.4 Å². The van der Waals surface area contributed by atoms with Crippen LogP contribution in [0, 0.1) is 0 Å². The van der Waals surface area contributed by atoms with Crippen LogP contribution in [0.4, 0.5) is 5.69 Å². The van der Waals surface area contributed by atoms with Crippen molar-refractivity contribution in [1.29, 1.82) is 0 Å². The lowest BCUT2D eigenvalue weighted by atomic mass is 10.1. The summed E-state index contributed by atoms with van der Waals surface area (Å²) in [5, 5.41) is 10.1. The first kappa shape index (κ1) is 17.4. The summed E-state index contributed by atoms with van der Waals surface area (Å²) >= 11 is 0. The van der Waals surface area contributed by atoms with Gasteiger partial charge in [0.1, 0.15) is 5.82 Å². The number of carbonyl (C=O) groups excluding carboxylic acids is 1. The Morgan fingerprint density at radius 1 is 1.48 bits per heavy atom. The quantitative estimate of drug-likeness (QED) is 0.756. The highest BCUT2D eigenvalue weighted by molar-refractivity contribution is 5.91. The van der Waals surface area contributed by atoms with E-state index in [1.54, 1.807) is 0 Å². The van der Waals surface area contributed by atoms with Crippen molar-refractivity contribution in [1.82, 2.24) is 15.2 Å². The van der Waals surface area contributed by atoms with E-state index in [0.717, 1.165) is 17.1 Å². The highest BCUT2D eigenvalue weighted by Crippen LogP contribution is 2.38. The Hall–Kier alpha value is -1.92. The number of rotatable bonds is 6. The zero-order valence-electron chi connectivity index (χ0n) is 13.1. The highest BCUT2D eigenvalue weighted by atomic mass is 35.5. The number of nitrogens with one attached hydrogen (secondary N) is 2. The van der Waals surface area contributed by atoms with Gasteiger partial charge in [-0.05, 0) is 38.3 Å². The van der Waals surface area contributed by atoms with Crippen LogP contribution in [0.3, 0.4) is 0 Å². The second kappa shape index (κ2) is 7.57. The van der Waals surface area contributed by atoms with Gasteiger partial charge in [0.2, 0.25) is 5.91 Å². The van der Waals surface area contributed by atoms with Crippen molar-refractivity contribution in [2.75, 3.05) is 5.32 Å². The Morgan fingerprint density at radius 3 is 2.96 bits per heavy atom. The number of nitrogens with zero attached hydrogens (tertiary/aromatic N) is 2. The molecular formula is C16H22ClN5O. The molecule has 1 aromatic carbocycles. The molecule has 1 aromatic heterocycles. The second-order valence-corrected chi connectivity index (χ2v) is 5.96. The van der Waals surface area contributed by atoms with Gasteiger partial charge in [0.05, 0.1) is 0 Å². The Bertz CT molecular complexity index is 666. The van der Waals surface area contributed by atoms with Crippen LogP contribution in [0.1, 0.15) is 44.3 Å². The zero-order valence-corrected chi connectivity index (χ0v) is 13.9. The van der Waals surface area contributed by atoms with Crippen LogP contribution in [-0.2, 0) is 4.79 Å². The predicted octanol–water partition coefficient (Wildman–Crippen LogP) is 2.84. The molecule has 7 heteroatoms. The molecule has 0 radical (unpaired) electrons. The van der Waals surface area contributed by atoms with E-state index in [0.29, 0.717) is 24.6 Å². The summed E-state index contributed by atoms with van der Waals surface area (Å²) in [6.45, 7) is 1.90. The SMILES string of the molecule is CC(N)CCC(=O)Nc1cccc(-c2n[nH]c(C3CC3)n2)c1.Cl. The summed E-state index contributed by atoms with van der Waals surface area (Å²) in [4.78, 5) is 16.4.